The van der Waals surface area contributed by atoms with Gasteiger partial charge in [0.2, 0.25) is 0 Å². The molecule has 0 aliphatic carbocycles. The molecule has 1 rings (SSSR count). The molecular weight excluding hydrogens is 244 g/mol. The van der Waals surface area contributed by atoms with Gasteiger partial charge in [0.15, 0.2) is 0 Å². The Kier molecular flexibility index (Phi) is 4.62. The Morgan fingerprint density at radius 1 is 1.41 bits per heavy atom. The van der Waals surface area contributed by atoms with E-state index in [1.807, 2.05) is 20.8 Å². The number of piperidine rings is 1. The molecule has 0 atom stereocenters. The number of rotatable bonds is 1. The third kappa shape index (κ3) is 4.42. The molecule has 0 aromatic rings. The molecule has 1 fully saturated rings. The van der Waals surface area contributed by atoms with Crippen molar-refractivity contribution in [1.29, 1.82) is 0 Å². The average molecular weight is 263 g/mol. The quantitative estimate of drug-likeness (QED) is 0.449. The Morgan fingerprint density at radius 3 is 2.35 bits per heavy atom. The van der Waals surface area contributed by atoms with Gasteiger partial charge in [-0.3, -0.25) is 0 Å². The van der Waals surface area contributed by atoms with Gasteiger partial charge in [0, 0.05) is 19.0 Å². The van der Waals surface area contributed by atoms with Crippen LogP contribution < -0.4 is 0 Å². The van der Waals surface area contributed by atoms with E-state index < -0.39 is 5.60 Å². The number of amides is 1. The summed E-state index contributed by atoms with van der Waals surface area (Å²) in [5.74, 6) is 0.0420. The smallest absolute Gasteiger partial charge is 0.410 e. The molecule has 1 N–H and O–H groups in total. The number of likely N-dealkylation sites (tertiary alicyclic amines) is 1. The van der Waals surface area contributed by atoms with E-state index in [2.05, 4.69) is 5.16 Å². The minimum Gasteiger partial charge on any atom is -0.444 e. The van der Waals surface area contributed by atoms with Crippen LogP contribution >= 0.6 is 11.6 Å². The molecule has 0 aromatic carbocycles. The third-order valence-corrected chi connectivity index (χ3v) is 2.96. The lowest BCUT2D eigenvalue weighted by atomic mass is 9.98. The van der Waals surface area contributed by atoms with Gasteiger partial charge in [-0.05, 0) is 33.6 Å². The molecule has 6 heteroatoms. The van der Waals surface area contributed by atoms with Crippen molar-refractivity contribution in [3.8, 4) is 0 Å². The van der Waals surface area contributed by atoms with Crippen LogP contribution in [0.5, 0.6) is 0 Å². The molecule has 0 spiro atoms. The molecule has 0 unspecified atom stereocenters. The molecule has 1 amide bonds. The first-order valence-electron chi connectivity index (χ1n) is 5.69. The molecule has 1 saturated heterocycles. The minimum atomic E-state index is -0.474. The fourth-order valence-corrected chi connectivity index (χ4v) is 1.93. The van der Waals surface area contributed by atoms with E-state index in [0.29, 0.717) is 25.9 Å². The van der Waals surface area contributed by atoms with E-state index >= 15 is 0 Å². The van der Waals surface area contributed by atoms with Crippen LogP contribution in [-0.4, -0.2) is 40.1 Å². The van der Waals surface area contributed by atoms with E-state index in [1.54, 1.807) is 4.90 Å². The van der Waals surface area contributed by atoms with Gasteiger partial charge in [-0.15, -0.1) is 0 Å². The molecule has 1 heterocycles. The molecule has 98 valence electrons. The average Bonchev–Trinajstić information content (AvgIpc) is 2.26. The van der Waals surface area contributed by atoms with E-state index in [-0.39, 0.29) is 17.2 Å². The molecule has 0 saturated carbocycles. The van der Waals surface area contributed by atoms with Crippen molar-refractivity contribution in [3.05, 3.63) is 0 Å². The first-order chi connectivity index (χ1) is 7.83. The normalized spacial score (nSPS) is 19.3. The number of hydrogen-bond donors (Lipinski definition) is 1. The standard InChI is InChI=1S/C11H19ClN2O3/c1-11(2,3)17-10(15)14-6-4-8(5-7-14)9(12)13-16/h8,16H,4-7H2,1-3H3. The Hall–Kier alpha value is -0.970. The number of hydrogen-bond acceptors (Lipinski definition) is 4. The highest BCUT2D eigenvalue weighted by atomic mass is 35.5. The Morgan fingerprint density at radius 2 is 1.94 bits per heavy atom. The first-order valence-corrected chi connectivity index (χ1v) is 6.06. The SMILES string of the molecule is CC(C)(C)OC(=O)N1CCC(C(Cl)=NO)CC1. The van der Waals surface area contributed by atoms with Crippen LogP contribution in [0.25, 0.3) is 0 Å². The maximum Gasteiger partial charge on any atom is 0.410 e. The second-order valence-corrected chi connectivity index (χ2v) is 5.55. The fraction of sp³-hybridized carbons (Fsp3) is 0.818. The Balaban J connectivity index is 2.44. The van der Waals surface area contributed by atoms with Crippen molar-refractivity contribution in [2.45, 2.75) is 39.2 Å². The summed E-state index contributed by atoms with van der Waals surface area (Å²) in [6.07, 6.45) is 1.09. The molecule has 0 radical (unpaired) electrons. The zero-order chi connectivity index (χ0) is 13.1. The van der Waals surface area contributed by atoms with Crippen LogP contribution in [-0.2, 0) is 4.74 Å². The molecule has 1 aliphatic heterocycles. The van der Waals surface area contributed by atoms with Crippen molar-refractivity contribution in [3.63, 3.8) is 0 Å². The van der Waals surface area contributed by atoms with Gasteiger partial charge in [0.1, 0.15) is 10.8 Å². The van der Waals surface area contributed by atoms with Crippen LogP contribution in [0.1, 0.15) is 33.6 Å². The van der Waals surface area contributed by atoms with Crippen LogP contribution in [0.4, 0.5) is 4.79 Å². The van der Waals surface area contributed by atoms with Crippen molar-refractivity contribution in [1.82, 2.24) is 4.90 Å². The summed E-state index contributed by atoms with van der Waals surface area (Å²) in [7, 11) is 0. The van der Waals surface area contributed by atoms with Gasteiger partial charge in [-0.25, -0.2) is 4.79 Å². The summed E-state index contributed by atoms with van der Waals surface area (Å²) < 4.78 is 5.27. The third-order valence-electron chi connectivity index (χ3n) is 2.58. The first kappa shape index (κ1) is 14.1. The van der Waals surface area contributed by atoms with E-state index in [1.165, 1.54) is 0 Å². The second kappa shape index (κ2) is 5.58. The van der Waals surface area contributed by atoms with Crippen LogP contribution in [0, 0.1) is 5.92 Å². The van der Waals surface area contributed by atoms with Gasteiger partial charge in [-0.1, -0.05) is 16.8 Å². The lowest BCUT2D eigenvalue weighted by molar-refractivity contribution is 0.0202. The molecule has 5 nitrogen and oxygen atoms in total. The number of oxime groups is 1. The van der Waals surface area contributed by atoms with E-state index in [4.69, 9.17) is 21.5 Å². The topological polar surface area (TPSA) is 62.1 Å². The summed E-state index contributed by atoms with van der Waals surface area (Å²) in [6.45, 7) is 6.67. The Labute approximate surface area is 106 Å². The molecule has 0 bridgehead atoms. The van der Waals surface area contributed by atoms with Crippen molar-refractivity contribution in [2.75, 3.05) is 13.1 Å². The maximum absolute atomic E-state index is 11.8. The fourth-order valence-electron chi connectivity index (χ4n) is 1.71. The summed E-state index contributed by atoms with van der Waals surface area (Å²) in [5.41, 5.74) is -0.474. The monoisotopic (exact) mass is 262 g/mol. The highest BCUT2D eigenvalue weighted by molar-refractivity contribution is 6.65. The summed E-state index contributed by atoms with van der Waals surface area (Å²) in [6, 6.07) is 0. The van der Waals surface area contributed by atoms with Crippen LogP contribution in [0.3, 0.4) is 0 Å². The number of carbonyl (C=O) groups excluding carboxylic acids is 1. The Bertz CT molecular complexity index is 304. The summed E-state index contributed by atoms with van der Waals surface area (Å²) in [5, 5.41) is 11.8. The van der Waals surface area contributed by atoms with Gasteiger partial charge < -0.3 is 14.8 Å². The van der Waals surface area contributed by atoms with Gasteiger partial charge in [0.25, 0.3) is 0 Å². The predicted octanol–water partition coefficient (Wildman–Crippen LogP) is 2.66. The molecule has 1 aliphatic rings. The van der Waals surface area contributed by atoms with E-state index in [0.717, 1.165) is 0 Å². The van der Waals surface area contributed by atoms with E-state index in [9.17, 15) is 4.79 Å². The van der Waals surface area contributed by atoms with Crippen LogP contribution in [0.15, 0.2) is 5.16 Å². The highest BCUT2D eigenvalue weighted by Gasteiger charge is 2.28. The lowest BCUT2D eigenvalue weighted by Gasteiger charge is -2.32. The summed E-state index contributed by atoms with van der Waals surface area (Å²) in [4.78, 5) is 13.4. The second-order valence-electron chi connectivity index (χ2n) is 5.16. The predicted molar refractivity (Wildman–Crippen MR) is 65.6 cm³/mol. The molecule has 17 heavy (non-hydrogen) atoms. The molecular formula is C11H19ClN2O3. The minimum absolute atomic E-state index is 0.0420. The number of halogens is 1. The largest absolute Gasteiger partial charge is 0.444 e. The zero-order valence-electron chi connectivity index (χ0n) is 10.4. The van der Waals surface area contributed by atoms with Gasteiger partial charge in [0.05, 0.1) is 0 Å². The lowest BCUT2D eigenvalue weighted by Crippen LogP contribution is -2.42. The van der Waals surface area contributed by atoms with Gasteiger partial charge >= 0.3 is 6.09 Å². The number of carbonyl (C=O) groups is 1. The van der Waals surface area contributed by atoms with Gasteiger partial charge in [-0.2, -0.15) is 0 Å². The van der Waals surface area contributed by atoms with Crippen molar-refractivity contribution < 1.29 is 14.7 Å². The maximum atomic E-state index is 11.8. The highest BCUT2D eigenvalue weighted by Crippen LogP contribution is 2.22. The number of ether oxygens (including phenoxy) is 1. The molecule has 0 aromatic heterocycles. The van der Waals surface area contributed by atoms with Crippen LogP contribution in [0.2, 0.25) is 0 Å². The summed E-state index contributed by atoms with van der Waals surface area (Å²) >= 11 is 5.74. The zero-order valence-corrected chi connectivity index (χ0v) is 11.2. The van der Waals surface area contributed by atoms with Crippen molar-refractivity contribution >= 4 is 22.9 Å². The number of nitrogens with zero attached hydrogens (tertiary/aromatic N) is 2. The van der Waals surface area contributed by atoms with Crippen molar-refractivity contribution in [2.24, 2.45) is 11.1 Å².